The highest BCUT2D eigenvalue weighted by molar-refractivity contribution is 7.13. The first kappa shape index (κ1) is 12.9. The zero-order chi connectivity index (χ0) is 13.9. The monoisotopic (exact) mass is 289 g/mol. The van der Waals surface area contributed by atoms with E-state index in [1.807, 2.05) is 10.3 Å². The van der Waals surface area contributed by atoms with E-state index in [0.717, 1.165) is 18.2 Å². The van der Waals surface area contributed by atoms with Gasteiger partial charge in [-0.25, -0.2) is 4.98 Å². The second-order valence-electron chi connectivity index (χ2n) is 4.56. The molecule has 0 aliphatic carbocycles. The van der Waals surface area contributed by atoms with E-state index in [4.69, 9.17) is 5.73 Å². The van der Waals surface area contributed by atoms with Gasteiger partial charge >= 0.3 is 0 Å². The minimum atomic E-state index is -0.0244. The highest BCUT2D eigenvalue weighted by atomic mass is 32.1. The Bertz CT molecular complexity index is 593. The quantitative estimate of drug-likeness (QED) is 0.895. The number of carbonyl (C=O) groups excluding carboxylic acids is 1. The average Bonchev–Trinajstić information content (AvgIpc) is 3.01. The van der Waals surface area contributed by atoms with Crippen molar-refractivity contribution in [2.45, 2.75) is 0 Å². The molecule has 2 aromatic heterocycles. The van der Waals surface area contributed by atoms with Crippen LogP contribution in [0.2, 0.25) is 0 Å². The van der Waals surface area contributed by atoms with Crippen LogP contribution in [0.1, 0.15) is 10.4 Å². The Morgan fingerprint density at radius 1 is 1.25 bits per heavy atom. The van der Waals surface area contributed by atoms with E-state index in [2.05, 4.69) is 14.9 Å². The Balaban J connectivity index is 1.66. The number of nitrogen functional groups attached to an aromatic ring is 1. The second-order valence-corrected chi connectivity index (χ2v) is 5.43. The number of carbonyl (C=O) groups is 1. The third-order valence-corrected chi connectivity index (χ3v) is 4.17. The lowest BCUT2D eigenvalue weighted by atomic mass is 10.2. The van der Waals surface area contributed by atoms with Gasteiger partial charge in [0.25, 0.3) is 5.91 Å². The summed E-state index contributed by atoms with van der Waals surface area (Å²) in [4.78, 5) is 24.6. The molecular formula is C13H15N5OS. The molecule has 0 aromatic carbocycles. The Labute approximate surface area is 120 Å². The Morgan fingerprint density at radius 3 is 2.70 bits per heavy atom. The predicted octanol–water partition coefficient (Wildman–Crippen LogP) is 1.08. The van der Waals surface area contributed by atoms with E-state index in [1.165, 1.54) is 6.20 Å². The van der Waals surface area contributed by atoms with Crippen LogP contribution in [0.3, 0.4) is 0 Å². The number of aromatic nitrogens is 2. The largest absolute Gasteiger partial charge is 0.397 e. The summed E-state index contributed by atoms with van der Waals surface area (Å²) in [5, 5.41) is 2.98. The number of hydrogen-bond donors (Lipinski definition) is 1. The lowest BCUT2D eigenvalue weighted by molar-refractivity contribution is 0.0747. The summed E-state index contributed by atoms with van der Waals surface area (Å²) in [6, 6.07) is 1.67. The summed E-state index contributed by atoms with van der Waals surface area (Å²) >= 11 is 1.62. The first-order valence-corrected chi connectivity index (χ1v) is 7.27. The maximum Gasteiger partial charge on any atom is 0.256 e. The van der Waals surface area contributed by atoms with E-state index in [1.54, 1.807) is 29.8 Å². The lowest BCUT2D eigenvalue weighted by Gasteiger charge is -2.34. The summed E-state index contributed by atoms with van der Waals surface area (Å²) in [5.74, 6) is -0.0244. The molecule has 1 aliphatic heterocycles. The minimum Gasteiger partial charge on any atom is -0.397 e. The second kappa shape index (κ2) is 5.46. The van der Waals surface area contributed by atoms with Gasteiger partial charge in [-0.3, -0.25) is 9.78 Å². The van der Waals surface area contributed by atoms with Gasteiger partial charge in [0.1, 0.15) is 0 Å². The smallest absolute Gasteiger partial charge is 0.256 e. The normalized spacial score (nSPS) is 15.4. The Kier molecular flexibility index (Phi) is 3.51. The van der Waals surface area contributed by atoms with E-state index in [9.17, 15) is 4.79 Å². The fourth-order valence-corrected chi connectivity index (χ4v) is 2.94. The molecular weight excluding hydrogens is 274 g/mol. The lowest BCUT2D eigenvalue weighted by Crippen LogP contribution is -2.48. The summed E-state index contributed by atoms with van der Waals surface area (Å²) < 4.78 is 0. The van der Waals surface area contributed by atoms with Gasteiger partial charge in [0.05, 0.1) is 17.4 Å². The maximum atomic E-state index is 12.4. The van der Waals surface area contributed by atoms with Gasteiger partial charge in [-0.1, -0.05) is 0 Å². The molecule has 1 amide bonds. The van der Waals surface area contributed by atoms with Gasteiger partial charge in [-0.2, -0.15) is 0 Å². The molecule has 1 aliphatic rings. The van der Waals surface area contributed by atoms with Crippen LogP contribution in [0.25, 0.3) is 0 Å². The molecule has 2 N–H and O–H groups in total. The van der Waals surface area contributed by atoms with E-state index >= 15 is 0 Å². The number of piperazine rings is 1. The molecule has 2 aromatic rings. The molecule has 6 nitrogen and oxygen atoms in total. The molecule has 0 saturated carbocycles. The topological polar surface area (TPSA) is 75.3 Å². The standard InChI is InChI=1S/C13H15N5OS/c14-11-9-15-2-1-10(11)12(19)17-4-6-18(7-5-17)13-16-3-8-20-13/h1-3,8-9H,4-7,14H2. The molecule has 1 fully saturated rings. The minimum absolute atomic E-state index is 0.0244. The highest BCUT2D eigenvalue weighted by Gasteiger charge is 2.24. The van der Waals surface area contributed by atoms with Gasteiger partial charge < -0.3 is 15.5 Å². The van der Waals surface area contributed by atoms with Gasteiger partial charge in [0.2, 0.25) is 0 Å². The predicted molar refractivity (Wildman–Crippen MR) is 78.9 cm³/mol. The Morgan fingerprint density at radius 2 is 2.05 bits per heavy atom. The number of thiazole rings is 1. The fourth-order valence-electron chi connectivity index (χ4n) is 2.24. The Hall–Kier alpha value is -2.15. The van der Waals surface area contributed by atoms with Crippen molar-refractivity contribution in [1.82, 2.24) is 14.9 Å². The van der Waals surface area contributed by atoms with Crippen molar-refractivity contribution in [3.63, 3.8) is 0 Å². The zero-order valence-corrected chi connectivity index (χ0v) is 11.7. The van der Waals surface area contributed by atoms with Gasteiger partial charge in [0, 0.05) is 44.0 Å². The van der Waals surface area contributed by atoms with Crippen LogP contribution in [0.5, 0.6) is 0 Å². The summed E-state index contributed by atoms with van der Waals surface area (Å²) in [6.45, 7) is 2.95. The molecule has 0 spiro atoms. The van der Waals surface area contributed by atoms with Crippen LogP contribution >= 0.6 is 11.3 Å². The van der Waals surface area contributed by atoms with Crippen molar-refractivity contribution in [3.8, 4) is 0 Å². The number of nitrogens with two attached hydrogens (primary N) is 1. The molecule has 104 valence electrons. The van der Waals surface area contributed by atoms with Crippen LogP contribution in [0.4, 0.5) is 10.8 Å². The maximum absolute atomic E-state index is 12.4. The molecule has 0 unspecified atom stereocenters. The van der Waals surface area contributed by atoms with Gasteiger partial charge in [-0.05, 0) is 6.07 Å². The van der Waals surface area contributed by atoms with Crippen LogP contribution in [-0.4, -0.2) is 47.0 Å². The summed E-state index contributed by atoms with van der Waals surface area (Å²) in [7, 11) is 0. The number of rotatable bonds is 2. The third-order valence-electron chi connectivity index (χ3n) is 3.34. The highest BCUT2D eigenvalue weighted by Crippen LogP contribution is 2.20. The van der Waals surface area contributed by atoms with Crippen LogP contribution in [-0.2, 0) is 0 Å². The third kappa shape index (κ3) is 2.44. The molecule has 1 saturated heterocycles. The first-order chi connectivity index (χ1) is 9.75. The molecule has 0 radical (unpaired) electrons. The molecule has 0 atom stereocenters. The number of amides is 1. The average molecular weight is 289 g/mol. The van der Waals surface area contributed by atoms with Crippen molar-refractivity contribution in [2.75, 3.05) is 36.8 Å². The van der Waals surface area contributed by atoms with Crippen molar-refractivity contribution < 1.29 is 4.79 Å². The fraction of sp³-hybridized carbons (Fsp3) is 0.308. The van der Waals surface area contributed by atoms with E-state index < -0.39 is 0 Å². The molecule has 7 heteroatoms. The molecule has 20 heavy (non-hydrogen) atoms. The van der Waals surface area contributed by atoms with Crippen molar-refractivity contribution in [2.24, 2.45) is 0 Å². The van der Waals surface area contributed by atoms with Crippen LogP contribution in [0, 0.1) is 0 Å². The molecule has 3 rings (SSSR count). The molecule has 3 heterocycles. The molecule has 0 bridgehead atoms. The summed E-state index contributed by atoms with van der Waals surface area (Å²) in [6.07, 6.45) is 4.91. The summed E-state index contributed by atoms with van der Waals surface area (Å²) in [5.41, 5.74) is 6.76. The zero-order valence-electron chi connectivity index (χ0n) is 10.9. The van der Waals surface area contributed by atoms with Crippen molar-refractivity contribution >= 4 is 28.1 Å². The number of nitrogens with zero attached hydrogens (tertiary/aromatic N) is 4. The van der Waals surface area contributed by atoms with Crippen molar-refractivity contribution in [3.05, 3.63) is 35.6 Å². The van der Waals surface area contributed by atoms with Gasteiger partial charge in [0.15, 0.2) is 5.13 Å². The van der Waals surface area contributed by atoms with Crippen LogP contribution < -0.4 is 10.6 Å². The number of hydrogen-bond acceptors (Lipinski definition) is 6. The van der Waals surface area contributed by atoms with Crippen molar-refractivity contribution in [1.29, 1.82) is 0 Å². The van der Waals surface area contributed by atoms with E-state index in [-0.39, 0.29) is 5.91 Å². The number of pyridine rings is 1. The SMILES string of the molecule is Nc1cnccc1C(=O)N1CCN(c2nccs2)CC1. The van der Waals surface area contributed by atoms with E-state index in [0.29, 0.717) is 24.3 Å². The first-order valence-electron chi connectivity index (χ1n) is 6.39. The number of anilines is 2. The van der Waals surface area contributed by atoms with Gasteiger partial charge in [-0.15, -0.1) is 11.3 Å². The van der Waals surface area contributed by atoms with Crippen LogP contribution in [0.15, 0.2) is 30.0 Å².